The predicted octanol–water partition coefficient (Wildman–Crippen LogP) is -0.306. The van der Waals surface area contributed by atoms with Crippen LogP contribution < -0.4 is 10.0 Å². The number of hydrogen-bond donors (Lipinski definition) is 2. The topological polar surface area (TPSA) is 67.4 Å². The fraction of sp³-hybridized carbons (Fsp3) is 1.00. The molecule has 1 aliphatic rings. The van der Waals surface area contributed by atoms with Gasteiger partial charge in [0.2, 0.25) is 10.0 Å². The van der Waals surface area contributed by atoms with Crippen molar-refractivity contribution < 1.29 is 13.2 Å². The van der Waals surface area contributed by atoms with E-state index in [1.807, 2.05) is 0 Å². The standard InChI is InChI=1S/C9H20N2O3S/c1-10-6-7-15(12,13)11-8-9(14-2)4-3-5-9/h10-11H,3-8H2,1-2H3. The minimum atomic E-state index is -3.16. The average Bonchev–Trinajstić information content (AvgIpc) is 2.14. The normalized spacial score (nSPS) is 19.9. The third kappa shape index (κ3) is 3.71. The Labute approximate surface area is 91.6 Å². The summed E-state index contributed by atoms with van der Waals surface area (Å²) in [6.07, 6.45) is 3.00. The van der Waals surface area contributed by atoms with E-state index in [2.05, 4.69) is 10.0 Å². The van der Waals surface area contributed by atoms with Crippen LogP contribution in [0.1, 0.15) is 19.3 Å². The third-order valence-electron chi connectivity index (χ3n) is 2.93. The smallest absolute Gasteiger partial charge is 0.212 e. The molecule has 0 radical (unpaired) electrons. The molecule has 0 aromatic carbocycles. The molecule has 1 saturated carbocycles. The van der Waals surface area contributed by atoms with Gasteiger partial charge in [0.25, 0.3) is 0 Å². The highest BCUT2D eigenvalue weighted by atomic mass is 32.2. The SMILES string of the molecule is CNCCS(=O)(=O)NCC1(OC)CCC1. The van der Waals surface area contributed by atoms with Crippen LogP contribution in [0.25, 0.3) is 0 Å². The fourth-order valence-corrected chi connectivity index (χ4v) is 2.67. The Hall–Kier alpha value is -0.170. The minimum absolute atomic E-state index is 0.114. The Balaban J connectivity index is 2.35. The molecule has 0 aromatic rings. The molecular formula is C9H20N2O3S. The molecule has 2 N–H and O–H groups in total. The van der Waals surface area contributed by atoms with E-state index in [0.29, 0.717) is 13.1 Å². The van der Waals surface area contributed by atoms with Crippen LogP contribution >= 0.6 is 0 Å². The van der Waals surface area contributed by atoms with E-state index in [0.717, 1.165) is 19.3 Å². The van der Waals surface area contributed by atoms with Gasteiger partial charge in [0.15, 0.2) is 0 Å². The van der Waals surface area contributed by atoms with Gasteiger partial charge in [0.1, 0.15) is 0 Å². The summed E-state index contributed by atoms with van der Waals surface area (Å²) in [7, 11) is 0.218. The van der Waals surface area contributed by atoms with E-state index in [-0.39, 0.29) is 11.4 Å². The van der Waals surface area contributed by atoms with E-state index in [4.69, 9.17) is 4.74 Å². The van der Waals surface area contributed by atoms with Gasteiger partial charge in [-0.1, -0.05) is 0 Å². The second-order valence-electron chi connectivity index (χ2n) is 3.98. The highest BCUT2D eigenvalue weighted by Crippen LogP contribution is 2.34. The molecule has 0 amide bonds. The quantitative estimate of drug-likeness (QED) is 0.636. The average molecular weight is 236 g/mol. The molecule has 0 saturated heterocycles. The molecule has 0 unspecified atom stereocenters. The van der Waals surface area contributed by atoms with Gasteiger partial charge in [0, 0.05) is 20.2 Å². The number of rotatable bonds is 7. The Morgan fingerprint density at radius 3 is 2.47 bits per heavy atom. The molecule has 0 spiro atoms. The summed E-state index contributed by atoms with van der Waals surface area (Å²) in [4.78, 5) is 0. The monoisotopic (exact) mass is 236 g/mol. The highest BCUT2D eigenvalue weighted by Gasteiger charge is 2.37. The van der Waals surface area contributed by atoms with E-state index in [1.54, 1.807) is 14.2 Å². The lowest BCUT2D eigenvalue weighted by Gasteiger charge is -2.40. The van der Waals surface area contributed by atoms with Crippen LogP contribution in [-0.2, 0) is 14.8 Å². The van der Waals surface area contributed by atoms with Crippen molar-refractivity contribution in [2.24, 2.45) is 0 Å². The summed E-state index contributed by atoms with van der Waals surface area (Å²) < 4.78 is 30.9. The fourth-order valence-electron chi connectivity index (χ4n) is 1.57. The van der Waals surface area contributed by atoms with Crippen molar-refractivity contribution in [3.63, 3.8) is 0 Å². The zero-order valence-corrected chi connectivity index (χ0v) is 10.2. The van der Waals surface area contributed by atoms with Crippen LogP contribution in [0.15, 0.2) is 0 Å². The molecule has 0 atom stereocenters. The number of ether oxygens (including phenoxy) is 1. The summed E-state index contributed by atoms with van der Waals surface area (Å²) in [6.45, 7) is 0.866. The second-order valence-corrected chi connectivity index (χ2v) is 5.91. The van der Waals surface area contributed by atoms with Gasteiger partial charge in [-0.15, -0.1) is 0 Å². The van der Waals surface area contributed by atoms with Crippen LogP contribution in [0.5, 0.6) is 0 Å². The number of sulfonamides is 1. The van der Waals surface area contributed by atoms with E-state index in [1.165, 1.54) is 0 Å². The van der Waals surface area contributed by atoms with Crippen molar-refractivity contribution in [2.45, 2.75) is 24.9 Å². The second kappa shape index (κ2) is 5.25. The van der Waals surface area contributed by atoms with Crippen molar-refractivity contribution >= 4 is 10.0 Å². The molecule has 0 aromatic heterocycles. The van der Waals surface area contributed by atoms with E-state index < -0.39 is 10.0 Å². The first-order valence-corrected chi connectivity index (χ1v) is 6.86. The van der Waals surface area contributed by atoms with Crippen molar-refractivity contribution in [3.05, 3.63) is 0 Å². The summed E-state index contributed by atoms with van der Waals surface area (Å²) in [5.74, 6) is 0.114. The molecule has 1 fully saturated rings. The minimum Gasteiger partial charge on any atom is -0.377 e. The predicted molar refractivity (Wildman–Crippen MR) is 59.3 cm³/mol. The van der Waals surface area contributed by atoms with E-state index >= 15 is 0 Å². The molecule has 0 bridgehead atoms. The summed E-state index contributed by atoms with van der Waals surface area (Å²) >= 11 is 0. The first kappa shape index (κ1) is 12.9. The summed E-state index contributed by atoms with van der Waals surface area (Å²) in [6, 6.07) is 0. The van der Waals surface area contributed by atoms with Crippen molar-refractivity contribution in [2.75, 3.05) is 33.0 Å². The number of hydrogen-bond acceptors (Lipinski definition) is 4. The Morgan fingerprint density at radius 2 is 2.07 bits per heavy atom. The first-order chi connectivity index (χ1) is 7.04. The van der Waals surface area contributed by atoms with Gasteiger partial charge in [-0.05, 0) is 26.3 Å². The van der Waals surface area contributed by atoms with Gasteiger partial charge < -0.3 is 10.1 Å². The summed E-state index contributed by atoms with van der Waals surface area (Å²) in [5.41, 5.74) is -0.243. The molecule has 1 rings (SSSR count). The largest absolute Gasteiger partial charge is 0.377 e. The van der Waals surface area contributed by atoms with Gasteiger partial charge in [0.05, 0.1) is 11.4 Å². The maximum Gasteiger partial charge on any atom is 0.212 e. The van der Waals surface area contributed by atoms with Gasteiger partial charge in [-0.25, -0.2) is 13.1 Å². The van der Waals surface area contributed by atoms with Crippen molar-refractivity contribution in [3.8, 4) is 0 Å². The molecule has 90 valence electrons. The molecule has 15 heavy (non-hydrogen) atoms. The number of nitrogens with one attached hydrogen (secondary N) is 2. The van der Waals surface area contributed by atoms with Crippen molar-refractivity contribution in [1.29, 1.82) is 0 Å². The Bertz CT molecular complexity index is 280. The van der Waals surface area contributed by atoms with Crippen LogP contribution in [0, 0.1) is 0 Å². The van der Waals surface area contributed by atoms with Gasteiger partial charge in [-0.3, -0.25) is 0 Å². The zero-order valence-electron chi connectivity index (χ0n) is 9.38. The lowest BCUT2D eigenvalue weighted by Crippen LogP contribution is -2.50. The molecule has 1 aliphatic carbocycles. The van der Waals surface area contributed by atoms with Crippen LogP contribution in [0.4, 0.5) is 0 Å². The van der Waals surface area contributed by atoms with E-state index in [9.17, 15) is 8.42 Å². The summed E-state index contributed by atoms with van der Waals surface area (Å²) in [5, 5.41) is 2.81. The molecular weight excluding hydrogens is 216 g/mol. The first-order valence-electron chi connectivity index (χ1n) is 5.21. The van der Waals surface area contributed by atoms with Gasteiger partial charge >= 0.3 is 0 Å². The lowest BCUT2D eigenvalue weighted by atomic mass is 9.80. The lowest BCUT2D eigenvalue weighted by molar-refractivity contribution is -0.0659. The molecule has 0 aliphatic heterocycles. The van der Waals surface area contributed by atoms with Gasteiger partial charge in [-0.2, -0.15) is 0 Å². The third-order valence-corrected chi connectivity index (χ3v) is 4.26. The molecule has 5 nitrogen and oxygen atoms in total. The maximum atomic E-state index is 11.5. The number of methoxy groups -OCH3 is 1. The van der Waals surface area contributed by atoms with Crippen molar-refractivity contribution in [1.82, 2.24) is 10.0 Å². The highest BCUT2D eigenvalue weighted by molar-refractivity contribution is 7.89. The Morgan fingerprint density at radius 1 is 1.40 bits per heavy atom. The zero-order chi connectivity index (χ0) is 11.4. The van der Waals surface area contributed by atoms with Crippen LogP contribution in [0.2, 0.25) is 0 Å². The van der Waals surface area contributed by atoms with Crippen LogP contribution in [0.3, 0.4) is 0 Å². The Kier molecular flexibility index (Phi) is 4.51. The maximum absolute atomic E-state index is 11.5. The molecule has 6 heteroatoms. The molecule has 0 heterocycles. The van der Waals surface area contributed by atoms with Crippen LogP contribution in [-0.4, -0.2) is 47.0 Å².